The summed E-state index contributed by atoms with van der Waals surface area (Å²) in [6.07, 6.45) is 0. The first-order valence-electron chi connectivity index (χ1n) is 2.68. The van der Waals surface area contributed by atoms with Crippen molar-refractivity contribution in [2.45, 2.75) is 0 Å². The maximum absolute atomic E-state index is 7.38. The van der Waals surface area contributed by atoms with Crippen LogP contribution in [0.1, 0.15) is 0 Å². The predicted octanol–water partition coefficient (Wildman–Crippen LogP) is -10.2. The SMILES string of the molecule is [AlH3].[AlH3].[AlH3].[OH][Ti]([OH])([OH])[OH].[OH][Ti]([OH])([OH])[OH].[OH][Ti]([OH])([OH])[OH]. The summed E-state index contributed by atoms with van der Waals surface area (Å²) in [5.41, 5.74) is 0. The van der Waals surface area contributed by atoms with E-state index in [9.17, 15) is 0 Å². The Bertz CT molecular complexity index is 97.6. The van der Waals surface area contributed by atoms with Gasteiger partial charge < -0.3 is 0 Å². The molecule has 114 valence electrons. The summed E-state index contributed by atoms with van der Waals surface area (Å²) in [6, 6.07) is 0. The minimum atomic E-state index is -5.00. The van der Waals surface area contributed by atoms with Crippen molar-refractivity contribution in [3.8, 4) is 0 Å². The van der Waals surface area contributed by atoms with Crippen molar-refractivity contribution in [3.05, 3.63) is 0 Å². The average Bonchev–Trinajstić information content (AvgIpc) is 1.41. The fraction of sp³-hybridized carbons (Fsp3) is 0. The van der Waals surface area contributed by atoms with Crippen molar-refractivity contribution in [2.24, 2.45) is 0 Å². The zero-order valence-corrected chi connectivity index (χ0v) is 11.6. The van der Waals surface area contributed by atoms with Crippen LogP contribution in [0, 0.1) is 0 Å². The Kier molecular flexibility index (Phi) is 34.6. The monoisotopic (exact) mass is 438 g/mol. The van der Waals surface area contributed by atoms with E-state index in [4.69, 9.17) is 44.3 Å². The molecule has 0 bridgehead atoms. The van der Waals surface area contributed by atoms with Crippen molar-refractivity contribution in [3.63, 3.8) is 0 Å². The van der Waals surface area contributed by atoms with Gasteiger partial charge in [0.1, 0.15) is 0 Å². The normalized spacial score (nSPS) is 10.0. The first-order valence-corrected chi connectivity index (χ1v) is 11.1. The molecule has 0 aromatic heterocycles. The van der Waals surface area contributed by atoms with Gasteiger partial charge in [0.25, 0.3) is 0 Å². The molecule has 0 radical (unpaired) electrons. The fourth-order valence-corrected chi connectivity index (χ4v) is 0. The molecule has 0 aliphatic rings. The quantitative estimate of drug-likeness (QED) is 0.158. The second-order valence-electron chi connectivity index (χ2n) is 1.80. The number of rotatable bonds is 0. The van der Waals surface area contributed by atoms with Crippen LogP contribution in [-0.2, 0) is 54.4 Å². The summed E-state index contributed by atoms with van der Waals surface area (Å²) in [5, 5.41) is 0. The molecule has 0 amide bonds. The molecule has 0 aliphatic heterocycles. The maximum atomic E-state index is 7.38. The van der Waals surface area contributed by atoms with Gasteiger partial charge in [-0.15, -0.1) is 0 Å². The van der Waals surface area contributed by atoms with Crippen LogP contribution >= 0.6 is 0 Å². The Hall–Kier alpha value is 3.26. The predicted molar refractivity (Wildman–Crippen MR) is 56.4 cm³/mol. The molecule has 0 fully saturated rings. The van der Waals surface area contributed by atoms with Crippen LogP contribution in [0.4, 0.5) is 0 Å². The topological polar surface area (TPSA) is 243 Å². The molecule has 0 unspecified atom stereocenters. The molecule has 18 heavy (non-hydrogen) atoms. The molecule has 0 saturated carbocycles. The van der Waals surface area contributed by atoms with Crippen molar-refractivity contribution < 1.29 is 98.7 Å². The first kappa shape index (κ1) is 37.5. The molecule has 0 atom stereocenters. The Morgan fingerprint density at radius 2 is 0.278 bits per heavy atom. The average molecular weight is 438 g/mol. The number of hydrogen-bond donors (Lipinski definition) is 12. The van der Waals surface area contributed by atoms with Crippen LogP contribution in [-0.4, -0.2) is 96.3 Å². The standard InChI is InChI=1S/3Al.12H2O.3Ti.9H/h;;;12*1H2;;;;;;;;;;;;/q;;;;;;;;;;;;;;;3*+4;;;;;;;;;/p-12. The zero-order chi connectivity index (χ0) is 13.5. The number of hydrogen-bond acceptors (Lipinski definition) is 12. The summed E-state index contributed by atoms with van der Waals surface area (Å²) in [5.74, 6) is 0. The van der Waals surface area contributed by atoms with Crippen molar-refractivity contribution in [1.29, 1.82) is 0 Å². The third kappa shape index (κ3) is 604. The van der Waals surface area contributed by atoms with Crippen LogP contribution in [0.2, 0.25) is 0 Å². The van der Waals surface area contributed by atoms with E-state index in [0.717, 1.165) is 0 Å². The molecular weight excluding hydrogens is 417 g/mol. The molecular formula is H21Al3O12Ti3. The molecule has 0 saturated heterocycles. The Labute approximate surface area is 149 Å². The van der Waals surface area contributed by atoms with Crippen LogP contribution < -0.4 is 0 Å². The van der Waals surface area contributed by atoms with Gasteiger partial charge in [0, 0.05) is 0 Å². The molecule has 0 aromatic rings. The van der Waals surface area contributed by atoms with E-state index in [-0.39, 0.29) is 52.1 Å². The molecule has 0 aromatic carbocycles. The molecule has 0 rings (SSSR count). The summed E-state index contributed by atoms with van der Waals surface area (Å²) < 4.78 is 88.5. The van der Waals surface area contributed by atoms with E-state index in [2.05, 4.69) is 0 Å². The van der Waals surface area contributed by atoms with E-state index in [0.29, 0.717) is 0 Å². The van der Waals surface area contributed by atoms with E-state index >= 15 is 0 Å². The van der Waals surface area contributed by atoms with E-state index in [1.165, 1.54) is 0 Å². The summed E-state index contributed by atoms with van der Waals surface area (Å²) in [6.45, 7) is 0. The van der Waals surface area contributed by atoms with Gasteiger partial charge in [0.2, 0.25) is 0 Å². The molecule has 0 spiro atoms. The molecule has 0 heterocycles. The van der Waals surface area contributed by atoms with Gasteiger partial charge in [-0.2, -0.15) is 0 Å². The van der Waals surface area contributed by atoms with E-state index in [1.807, 2.05) is 0 Å². The fourth-order valence-electron chi connectivity index (χ4n) is 0. The molecule has 12 nitrogen and oxygen atoms in total. The van der Waals surface area contributed by atoms with Gasteiger partial charge in [0.15, 0.2) is 52.1 Å². The first-order chi connectivity index (χ1) is 6.00. The van der Waals surface area contributed by atoms with Gasteiger partial charge in [0.05, 0.1) is 0 Å². The van der Waals surface area contributed by atoms with Crippen molar-refractivity contribution in [1.82, 2.24) is 0 Å². The van der Waals surface area contributed by atoms with Gasteiger partial charge >= 0.3 is 98.7 Å². The molecule has 18 heteroatoms. The minimum absolute atomic E-state index is 0. The Morgan fingerprint density at radius 1 is 0.278 bits per heavy atom. The second kappa shape index (κ2) is 16.6. The van der Waals surface area contributed by atoms with Crippen LogP contribution in [0.25, 0.3) is 0 Å². The van der Waals surface area contributed by atoms with Crippen molar-refractivity contribution in [2.75, 3.05) is 0 Å². The van der Waals surface area contributed by atoms with E-state index in [1.54, 1.807) is 0 Å². The van der Waals surface area contributed by atoms with Crippen molar-refractivity contribution >= 4 is 52.1 Å². The molecule has 0 aliphatic carbocycles. The summed E-state index contributed by atoms with van der Waals surface area (Å²) >= 11 is -15.0. The zero-order valence-electron chi connectivity index (χ0n) is 6.87. The van der Waals surface area contributed by atoms with Gasteiger partial charge in [-0.05, 0) is 0 Å². The van der Waals surface area contributed by atoms with Gasteiger partial charge in [-0.25, -0.2) is 0 Å². The molecule has 12 N–H and O–H groups in total. The van der Waals surface area contributed by atoms with Gasteiger partial charge in [-0.1, -0.05) is 0 Å². The second-order valence-corrected chi connectivity index (χ2v) is 7.42. The third-order valence-electron chi connectivity index (χ3n) is 0. The summed E-state index contributed by atoms with van der Waals surface area (Å²) in [7, 11) is 0. The summed E-state index contributed by atoms with van der Waals surface area (Å²) in [4.78, 5) is 0. The van der Waals surface area contributed by atoms with Gasteiger partial charge in [-0.3, -0.25) is 0 Å². The van der Waals surface area contributed by atoms with E-state index < -0.39 is 54.4 Å². The third-order valence-corrected chi connectivity index (χ3v) is 0. The van der Waals surface area contributed by atoms with Crippen LogP contribution in [0.3, 0.4) is 0 Å². The van der Waals surface area contributed by atoms with Crippen LogP contribution in [0.5, 0.6) is 0 Å². The Balaban J connectivity index is -0.0000000277. The van der Waals surface area contributed by atoms with Crippen LogP contribution in [0.15, 0.2) is 0 Å². The Morgan fingerprint density at radius 3 is 0.278 bits per heavy atom.